The van der Waals surface area contributed by atoms with Crippen LogP contribution in [-0.4, -0.2) is 12.9 Å². The summed E-state index contributed by atoms with van der Waals surface area (Å²) in [6, 6.07) is 6.38. The van der Waals surface area contributed by atoms with Gasteiger partial charge in [0.15, 0.2) is 0 Å². The summed E-state index contributed by atoms with van der Waals surface area (Å²) in [6.07, 6.45) is 1.32. The van der Waals surface area contributed by atoms with Crippen molar-refractivity contribution < 1.29 is 9.53 Å². The van der Waals surface area contributed by atoms with Crippen LogP contribution in [0, 0.1) is 0 Å². The van der Waals surface area contributed by atoms with Gasteiger partial charge < -0.3 is 9.53 Å². The molecule has 0 aliphatic rings. The molecule has 0 amide bonds. The van der Waals surface area contributed by atoms with Crippen molar-refractivity contribution in [2.45, 2.75) is 58.8 Å². The van der Waals surface area contributed by atoms with Crippen molar-refractivity contribution in [2.24, 2.45) is 0 Å². The zero-order valence-electron chi connectivity index (χ0n) is 13.0. The van der Waals surface area contributed by atoms with Crippen LogP contribution in [0.3, 0.4) is 0 Å². The maximum atomic E-state index is 10.4. The topological polar surface area (TPSA) is 26.3 Å². The van der Waals surface area contributed by atoms with Crippen molar-refractivity contribution in [3.63, 3.8) is 0 Å². The number of hydrogen-bond acceptors (Lipinski definition) is 2. The molecule has 0 bridgehead atoms. The Balaban J connectivity index is 3.14. The lowest BCUT2D eigenvalue weighted by atomic mass is 9.80. The summed E-state index contributed by atoms with van der Waals surface area (Å²) in [5.41, 5.74) is 2.66. The maximum Gasteiger partial charge on any atom is 0.123 e. The average Bonchev–Trinajstić information content (AvgIpc) is 2.27. The minimum absolute atomic E-state index is 0.0256. The molecule has 0 aromatic heterocycles. The van der Waals surface area contributed by atoms with E-state index in [-0.39, 0.29) is 10.8 Å². The number of hydrogen-bond donors (Lipinski definition) is 0. The molecule has 106 valence electrons. The third kappa shape index (κ3) is 4.38. The van der Waals surface area contributed by atoms with Gasteiger partial charge in [0, 0.05) is 6.42 Å². The van der Waals surface area contributed by atoms with Crippen molar-refractivity contribution in [1.29, 1.82) is 0 Å². The van der Waals surface area contributed by atoms with E-state index < -0.39 is 0 Å². The molecular weight excluding hydrogens is 236 g/mol. The van der Waals surface area contributed by atoms with E-state index in [1.807, 2.05) is 6.07 Å². The van der Waals surface area contributed by atoms with Gasteiger partial charge in [-0.1, -0.05) is 53.7 Å². The first kappa shape index (κ1) is 15.7. The van der Waals surface area contributed by atoms with E-state index in [0.717, 1.165) is 12.0 Å². The third-order valence-electron chi connectivity index (χ3n) is 3.15. The third-order valence-corrected chi connectivity index (χ3v) is 3.15. The minimum atomic E-state index is 0.0256. The molecule has 0 N–H and O–H groups in total. The summed E-state index contributed by atoms with van der Waals surface area (Å²) < 4.78 is 5.74. The minimum Gasteiger partial charge on any atom is -0.493 e. The van der Waals surface area contributed by atoms with Crippen molar-refractivity contribution in [1.82, 2.24) is 0 Å². The van der Waals surface area contributed by atoms with E-state index in [2.05, 4.69) is 53.7 Å². The van der Waals surface area contributed by atoms with E-state index in [9.17, 15) is 4.79 Å². The van der Waals surface area contributed by atoms with E-state index in [4.69, 9.17) is 4.74 Å². The summed E-state index contributed by atoms with van der Waals surface area (Å²) in [7, 11) is 0. The van der Waals surface area contributed by atoms with Gasteiger partial charge in [-0.2, -0.15) is 0 Å². The van der Waals surface area contributed by atoms with Gasteiger partial charge in [-0.25, -0.2) is 0 Å². The molecule has 2 heteroatoms. The Morgan fingerprint density at radius 2 is 1.68 bits per heavy atom. The molecule has 0 unspecified atom stereocenters. The van der Waals surface area contributed by atoms with E-state index in [0.29, 0.717) is 13.0 Å². The summed E-state index contributed by atoms with van der Waals surface area (Å²) in [5, 5.41) is 0. The summed E-state index contributed by atoms with van der Waals surface area (Å²) >= 11 is 0. The van der Waals surface area contributed by atoms with Crippen LogP contribution in [0.5, 0.6) is 5.75 Å². The van der Waals surface area contributed by atoms with E-state index >= 15 is 0 Å². The second-order valence-corrected chi connectivity index (χ2v) is 7.01. The van der Waals surface area contributed by atoms with Crippen LogP contribution >= 0.6 is 0 Å². The standard InChI is InChI=1S/C17H26O2/c1-16(2,3)13-8-9-15(19-11-7-10-18)14(12-13)17(4,5)6/h8-10,12H,7,11H2,1-6H3. The number of carbonyl (C=O) groups is 1. The molecule has 0 saturated heterocycles. The van der Waals surface area contributed by atoms with Crippen LogP contribution in [0.15, 0.2) is 18.2 Å². The van der Waals surface area contributed by atoms with Crippen LogP contribution in [0.4, 0.5) is 0 Å². The van der Waals surface area contributed by atoms with Crippen LogP contribution in [-0.2, 0) is 15.6 Å². The van der Waals surface area contributed by atoms with Gasteiger partial charge in [-0.3, -0.25) is 0 Å². The highest BCUT2D eigenvalue weighted by Gasteiger charge is 2.22. The Labute approximate surface area is 117 Å². The zero-order chi connectivity index (χ0) is 14.7. The molecule has 0 atom stereocenters. The number of benzene rings is 1. The second-order valence-electron chi connectivity index (χ2n) is 7.01. The van der Waals surface area contributed by atoms with E-state index in [1.54, 1.807) is 0 Å². The van der Waals surface area contributed by atoms with Gasteiger partial charge >= 0.3 is 0 Å². The molecule has 0 fully saturated rings. The molecule has 0 spiro atoms. The molecule has 2 nitrogen and oxygen atoms in total. The van der Waals surface area contributed by atoms with Crippen molar-refractivity contribution in [3.05, 3.63) is 29.3 Å². The van der Waals surface area contributed by atoms with Crippen LogP contribution < -0.4 is 4.74 Å². The monoisotopic (exact) mass is 262 g/mol. The first-order valence-corrected chi connectivity index (χ1v) is 6.87. The average molecular weight is 262 g/mol. The molecule has 0 aliphatic heterocycles. The Hall–Kier alpha value is -1.31. The molecule has 1 aromatic carbocycles. The Kier molecular flexibility index (Phi) is 4.78. The molecule has 0 radical (unpaired) electrons. The van der Waals surface area contributed by atoms with Crippen LogP contribution in [0.2, 0.25) is 0 Å². The van der Waals surface area contributed by atoms with Gasteiger partial charge in [-0.15, -0.1) is 0 Å². The lowest BCUT2D eigenvalue weighted by Crippen LogP contribution is -2.17. The molecule has 19 heavy (non-hydrogen) atoms. The smallest absolute Gasteiger partial charge is 0.123 e. The fourth-order valence-corrected chi connectivity index (χ4v) is 1.93. The van der Waals surface area contributed by atoms with Crippen LogP contribution in [0.1, 0.15) is 59.1 Å². The molecule has 1 rings (SSSR count). The summed E-state index contributed by atoms with van der Waals surface area (Å²) in [5.74, 6) is 0.891. The number of ether oxygens (including phenoxy) is 1. The fraction of sp³-hybridized carbons (Fsp3) is 0.588. The van der Waals surface area contributed by atoms with Gasteiger partial charge in [0.05, 0.1) is 6.61 Å². The van der Waals surface area contributed by atoms with Crippen molar-refractivity contribution >= 4 is 6.29 Å². The highest BCUT2D eigenvalue weighted by Crippen LogP contribution is 2.35. The molecule has 0 heterocycles. The van der Waals surface area contributed by atoms with Crippen LogP contribution in [0.25, 0.3) is 0 Å². The Bertz CT molecular complexity index is 434. The molecular formula is C17H26O2. The van der Waals surface area contributed by atoms with Gasteiger partial charge in [0.1, 0.15) is 12.0 Å². The van der Waals surface area contributed by atoms with Gasteiger partial charge in [0.2, 0.25) is 0 Å². The van der Waals surface area contributed by atoms with Gasteiger partial charge in [0.25, 0.3) is 0 Å². The predicted octanol–water partition coefficient (Wildman–Crippen LogP) is 4.25. The van der Waals surface area contributed by atoms with E-state index in [1.165, 1.54) is 11.1 Å². The first-order valence-electron chi connectivity index (χ1n) is 6.87. The lowest BCUT2D eigenvalue weighted by molar-refractivity contribution is -0.108. The lowest BCUT2D eigenvalue weighted by Gasteiger charge is -2.27. The molecule has 0 aliphatic carbocycles. The fourth-order valence-electron chi connectivity index (χ4n) is 1.93. The highest BCUT2D eigenvalue weighted by molar-refractivity contribution is 5.49. The number of carbonyl (C=O) groups excluding carboxylic acids is 1. The quantitative estimate of drug-likeness (QED) is 0.599. The predicted molar refractivity (Wildman–Crippen MR) is 80.0 cm³/mol. The number of aldehydes is 1. The zero-order valence-corrected chi connectivity index (χ0v) is 13.0. The van der Waals surface area contributed by atoms with Gasteiger partial charge in [-0.05, 0) is 28.0 Å². The van der Waals surface area contributed by atoms with Crippen molar-refractivity contribution in [3.8, 4) is 5.75 Å². The normalized spacial score (nSPS) is 12.3. The molecule has 0 saturated carbocycles. The number of rotatable bonds is 4. The maximum absolute atomic E-state index is 10.4. The highest BCUT2D eigenvalue weighted by atomic mass is 16.5. The second kappa shape index (κ2) is 5.77. The summed E-state index contributed by atoms with van der Waals surface area (Å²) in [6.45, 7) is 13.6. The Morgan fingerprint density at radius 3 is 2.16 bits per heavy atom. The molecule has 1 aromatic rings. The SMILES string of the molecule is CC(C)(C)c1ccc(OCCC=O)c(C(C)(C)C)c1. The summed E-state index contributed by atoms with van der Waals surface area (Å²) in [4.78, 5) is 10.4. The Morgan fingerprint density at radius 1 is 1.05 bits per heavy atom. The van der Waals surface area contributed by atoms with Crippen molar-refractivity contribution in [2.75, 3.05) is 6.61 Å². The largest absolute Gasteiger partial charge is 0.493 e. The first-order chi connectivity index (χ1) is 8.66.